The second kappa shape index (κ2) is 8.15. The summed E-state index contributed by atoms with van der Waals surface area (Å²) in [6.45, 7) is 6.65. The quantitative estimate of drug-likeness (QED) is 0.764. The molecule has 3 N–H and O–H groups in total. The van der Waals surface area contributed by atoms with E-state index in [0.717, 1.165) is 16.8 Å². The Labute approximate surface area is 142 Å². The lowest BCUT2D eigenvalue weighted by Crippen LogP contribution is -2.23. The van der Waals surface area contributed by atoms with Crippen LogP contribution in [0.25, 0.3) is 0 Å². The van der Waals surface area contributed by atoms with Crippen molar-refractivity contribution in [2.45, 2.75) is 20.8 Å². The first-order valence-corrected chi connectivity index (χ1v) is 7.99. The summed E-state index contributed by atoms with van der Waals surface area (Å²) in [5, 5.41) is 8.69. The van der Waals surface area contributed by atoms with E-state index in [-0.39, 0.29) is 18.4 Å². The van der Waals surface area contributed by atoms with Gasteiger partial charge in [-0.25, -0.2) is 0 Å². The van der Waals surface area contributed by atoms with Crippen LogP contribution in [0.3, 0.4) is 0 Å². The number of nitrogens with one attached hydrogen (secondary N) is 3. The molecule has 126 valence electrons. The monoisotopic (exact) mass is 325 g/mol. The molecule has 2 amide bonds. The van der Waals surface area contributed by atoms with Crippen LogP contribution in [0.1, 0.15) is 28.4 Å². The number of aryl methyl sites for hydroxylation is 2. The summed E-state index contributed by atoms with van der Waals surface area (Å²) in [5.74, 6) is -0.256. The zero-order valence-electron chi connectivity index (χ0n) is 14.3. The van der Waals surface area contributed by atoms with E-state index in [1.54, 1.807) is 24.3 Å². The highest BCUT2D eigenvalue weighted by Crippen LogP contribution is 2.16. The number of hydrogen-bond acceptors (Lipinski definition) is 3. The van der Waals surface area contributed by atoms with E-state index < -0.39 is 0 Å². The van der Waals surface area contributed by atoms with Gasteiger partial charge in [0.15, 0.2) is 0 Å². The number of hydrogen-bond donors (Lipinski definition) is 3. The summed E-state index contributed by atoms with van der Waals surface area (Å²) in [4.78, 5) is 23.7. The van der Waals surface area contributed by atoms with Crippen molar-refractivity contribution < 1.29 is 9.59 Å². The van der Waals surface area contributed by atoms with Crippen LogP contribution in [-0.2, 0) is 4.79 Å². The maximum Gasteiger partial charge on any atom is 0.251 e. The first kappa shape index (κ1) is 17.5. The van der Waals surface area contributed by atoms with Crippen LogP contribution in [0.2, 0.25) is 0 Å². The summed E-state index contributed by atoms with van der Waals surface area (Å²) < 4.78 is 0. The van der Waals surface area contributed by atoms with Gasteiger partial charge >= 0.3 is 0 Å². The molecular formula is C19H23N3O2. The Balaban J connectivity index is 1.90. The lowest BCUT2D eigenvalue weighted by molar-refractivity contribution is -0.114. The predicted molar refractivity (Wildman–Crippen MR) is 97.5 cm³/mol. The fourth-order valence-corrected chi connectivity index (χ4v) is 2.27. The third-order valence-corrected chi connectivity index (χ3v) is 3.60. The molecule has 0 saturated carbocycles. The summed E-state index contributed by atoms with van der Waals surface area (Å²) >= 11 is 0. The Hall–Kier alpha value is -2.82. The van der Waals surface area contributed by atoms with Crippen molar-refractivity contribution >= 4 is 23.2 Å². The van der Waals surface area contributed by atoms with Crippen LogP contribution in [0, 0.1) is 13.8 Å². The molecule has 0 aliphatic heterocycles. The fourth-order valence-electron chi connectivity index (χ4n) is 2.27. The molecule has 2 aromatic carbocycles. The van der Waals surface area contributed by atoms with Crippen LogP contribution in [0.15, 0.2) is 42.5 Å². The van der Waals surface area contributed by atoms with Gasteiger partial charge in [-0.2, -0.15) is 0 Å². The largest absolute Gasteiger partial charge is 0.376 e. The van der Waals surface area contributed by atoms with E-state index in [4.69, 9.17) is 0 Å². The maximum atomic E-state index is 12.1. The molecule has 0 aromatic heterocycles. The van der Waals surface area contributed by atoms with Crippen molar-refractivity contribution in [1.82, 2.24) is 5.32 Å². The Morgan fingerprint density at radius 2 is 1.71 bits per heavy atom. The third kappa shape index (κ3) is 4.84. The van der Waals surface area contributed by atoms with Crippen molar-refractivity contribution in [3.05, 3.63) is 59.2 Å². The van der Waals surface area contributed by atoms with Crippen molar-refractivity contribution in [2.75, 3.05) is 23.7 Å². The van der Waals surface area contributed by atoms with Gasteiger partial charge in [-0.3, -0.25) is 9.59 Å². The zero-order valence-corrected chi connectivity index (χ0v) is 14.3. The van der Waals surface area contributed by atoms with Gasteiger partial charge < -0.3 is 16.0 Å². The molecule has 5 nitrogen and oxygen atoms in total. The van der Waals surface area contributed by atoms with E-state index >= 15 is 0 Å². The van der Waals surface area contributed by atoms with Crippen LogP contribution in [0.4, 0.5) is 11.4 Å². The molecule has 0 atom stereocenters. The Kier molecular flexibility index (Phi) is 5.95. The summed E-state index contributed by atoms with van der Waals surface area (Å²) in [5.41, 5.74) is 4.43. The molecule has 0 unspecified atom stereocenters. The van der Waals surface area contributed by atoms with Crippen molar-refractivity contribution in [1.29, 1.82) is 0 Å². The van der Waals surface area contributed by atoms with E-state index in [0.29, 0.717) is 17.8 Å². The van der Waals surface area contributed by atoms with Crippen LogP contribution in [0.5, 0.6) is 0 Å². The zero-order chi connectivity index (χ0) is 17.5. The van der Waals surface area contributed by atoms with Crippen LogP contribution >= 0.6 is 0 Å². The lowest BCUT2D eigenvalue weighted by Gasteiger charge is -2.11. The normalized spacial score (nSPS) is 10.1. The number of carbonyl (C=O) groups is 2. The number of anilines is 2. The van der Waals surface area contributed by atoms with Crippen molar-refractivity contribution in [3.63, 3.8) is 0 Å². The van der Waals surface area contributed by atoms with Crippen molar-refractivity contribution in [3.8, 4) is 0 Å². The molecule has 0 bridgehead atoms. The first-order valence-electron chi connectivity index (χ1n) is 7.99. The SMILES string of the molecule is CCNC(=O)c1ccc(NC(=O)CNc2cc(C)ccc2C)cc1. The molecule has 0 radical (unpaired) electrons. The molecule has 0 fully saturated rings. The molecule has 24 heavy (non-hydrogen) atoms. The second-order valence-electron chi connectivity index (χ2n) is 5.66. The van der Waals surface area contributed by atoms with Gasteiger partial charge in [0.2, 0.25) is 5.91 Å². The molecule has 5 heteroatoms. The molecular weight excluding hydrogens is 302 g/mol. The fraction of sp³-hybridized carbons (Fsp3) is 0.263. The maximum absolute atomic E-state index is 12.1. The highest BCUT2D eigenvalue weighted by molar-refractivity contribution is 5.96. The Bertz CT molecular complexity index is 724. The van der Waals surface area contributed by atoms with Gasteiger partial charge in [0, 0.05) is 23.5 Å². The number of rotatable bonds is 6. The smallest absolute Gasteiger partial charge is 0.251 e. The second-order valence-corrected chi connectivity index (χ2v) is 5.66. The van der Waals surface area contributed by atoms with E-state index in [9.17, 15) is 9.59 Å². The van der Waals surface area contributed by atoms with E-state index in [1.807, 2.05) is 39.0 Å². The molecule has 0 saturated heterocycles. The highest BCUT2D eigenvalue weighted by atomic mass is 16.2. The molecule has 0 spiro atoms. The van der Waals surface area contributed by atoms with E-state index in [1.165, 1.54) is 0 Å². The van der Waals surface area contributed by atoms with Gasteiger partial charge in [-0.1, -0.05) is 12.1 Å². The molecule has 0 aliphatic rings. The number of amides is 2. The van der Waals surface area contributed by atoms with Crippen LogP contribution in [-0.4, -0.2) is 24.9 Å². The van der Waals surface area contributed by atoms with E-state index in [2.05, 4.69) is 16.0 Å². The Morgan fingerprint density at radius 3 is 2.38 bits per heavy atom. The van der Waals surface area contributed by atoms with Gasteiger partial charge in [0.1, 0.15) is 0 Å². The Morgan fingerprint density at radius 1 is 1.00 bits per heavy atom. The molecule has 0 aliphatic carbocycles. The minimum atomic E-state index is -0.137. The highest BCUT2D eigenvalue weighted by Gasteiger charge is 2.06. The molecule has 2 rings (SSSR count). The average molecular weight is 325 g/mol. The van der Waals surface area contributed by atoms with Gasteiger partial charge in [0.05, 0.1) is 6.54 Å². The van der Waals surface area contributed by atoms with Crippen LogP contribution < -0.4 is 16.0 Å². The third-order valence-electron chi connectivity index (χ3n) is 3.60. The minimum Gasteiger partial charge on any atom is -0.376 e. The van der Waals surface area contributed by atoms with Gasteiger partial charge in [0.25, 0.3) is 5.91 Å². The molecule has 0 heterocycles. The number of benzene rings is 2. The predicted octanol–water partition coefficient (Wildman–Crippen LogP) is 3.10. The number of carbonyl (C=O) groups excluding carboxylic acids is 2. The summed E-state index contributed by atoms with van der Waals surface area (Å²) in [7, 11) is 0. The standard InChI is InChI=1S/C19H23N3O2/c1-4-20-19(24)15-7-9-16(10-8-15)22-18(23)12-21-17-11-13(2)5-6-14(17)3/h5-11,21H,4,12H2,1-3H3,(H,20,24)(H,22,23). The minimum absolute atomic E-state index is 0.119. The summed E-state index contributed by atoms with van der Waals surface area (Å²) in [6, 6.07) is 12.9. The molecule has 2 aromatic rings. The first-order chi connectivity index (χ1) is 11.5. The summed E-state index contributed by atoms with van der Waals surface area (Å²) in [6.07, 6.45) is 0. The average Bonchev–Trinajstić information content (AvgIpc) is 2.56. The van der Waals surface area contributed by atoms with Crippen molar-refractivity contribution in [2.24, 2.45) is 0 Å². The van der Waals surface area contributed by atoms with Gasteiger partial charge in [-0.15, -0.1) is 0 Å². The topological polar surface area (TPSA) is 70.2 Å². The van der Waals surface area contributed by atoms with Gasteiger partial charge in [-0.05, 0) is 62.2 Å². The lowest BCUT2D eigenvalue weighted by atomic mass is 10.1.